The fourth-order valence-corrected chi connectivity index (χ4v) is 3.58. The number of fused-ring (bicyclic) bond motifs is 1. The molecule has 1 amide bonds. The van der Waals surface area contributed by atoms with Crippen molar-refractivity contribution in [1.29, 1.82) is 0 Å². The summed E-state index contributed by atoms with van der Waals surface area (Å²) >= 11 is 0. The monoisotopic (exact) mass is 395 g/mol. The second kappa shape index (κ2) is 8.76. The Morgan fingerprint density at radius 1 is 1.10 bits per heavy atom. The number of halogens is 1. The van der Waals surface area contributed by atoms with Gasteiger partial charge in [0.1, 0.15) is 17.7 Å². The third-order valence-corrected chi connectivity index (χ3v) is 5.66. The highest BCUT2D eigenvalue weighted by Crippen LogP contribution is 2.28. The average molecular weight is 396 g/mol. The van der Waals surface area contributed by atoms with Crippen molar-refractivity contribution in [3.05, 3.63) is 64.7 Å². The molecular formula is C24H30FN3O. The van der Waals surface area contributed by atoms with Gasteiger partial charge in [-0.2, -0.15) is 0 Å². The minimum Gasteiger partial charge on any atom is -0.352 e. The number of amides is 1. The quantitative estimate of drug-likeness (QED) is 0.594. The lowest BCUT2D eigenvalue weighted by Gasteiger charge is -2.22. The normalized spacial score (nSPS) is 13.4. The molecule has 2 atom stereocenters. The van der Waals surface area contributed by atoms with Gasteiger partial charge in [0.05, 0.1) is 11.0 Å². The van der Waals surface area contributed by atoms with Gasteiger partial charge in [0.25, 0.3) is 0 Å². The van der Waals surface area contributed by atoms with Crippen LogP contribution in [0.5, 0.6) is 0 Å². The molecular weight excluding hydrogens is 365 g/mol. The van der Waals surface area contributed by atoms with Gasteiger partial charge in [-0.15, -0.1) is 0 Å². The zero-order chi connectivity index (χ0) is 21.1. The fourth-order valence-electron chi connectivity index (χ4n) is 3.58. The van der Waals surface area contributed by atoms with Crippen molar-refractivity contribution in [2.24, 2.45) is 0 Å². The molecule has 1 heterocycles. The van der Waals surface area contributed by atoms with Crippen LogP contribution in [0.4, 0.5) is 4.39 Å². The molecule has 154 valence electrons. The number of nitrogens with zero attached hydrogens (tertiary/aromatic N) is 2. The molecule has 3 aromatic rings. The minimum absolute atomic E-state index is 0.0136. The van der Waals surface area contributed by atoms with Gasteiger partial charge in [0, 0.05) is 12.5 Å². The predicted molar refractivity (Wildman–Crippen MR) is 116 cm³/mol. The number of imidazole rings is 1. The van der Waals surface area contributed by atoms with Crippen LogP contribution in [0.25, 0.3) is 11.0 Å². The molecule has 0 radical (unpaired) electrons. The molecule has 0 bridgehead atoms. The van der Waals surface area contributed by atoms with E-state index in [4.69, 9.17) is 4.98 Å². The molecule has 29 heavy (non-hydrogen) atoms. The lowest BCUT2D eigenvalue weighted by atomic mass is 10.1. The average Bonchev–Trinajstić information content (AvgIpc) is 3.01. The zero-order valence-corrected chi connectivity index (χ0v) is 17.9. The van der Waals surface area contributed by atoms with Crippen LogP contribution in [0, 0.1) is 19.7 Å². The second-order valence-electron chi connectivity index (χ2n) is 7.87. The number of nitrogens with one attached hydrogen (secondary N) is 1. The second-order valence-corrected chi connectivity index (χ2v) is 7.87. The van der Waals surface area contributed by atoms with Crippen LogP contribution in [-0.4, -0.2) is 21.5 Å². The maximum absolute atomic E-state index is 13.3. The molecule has 0 saturated carbocycles. The lowest BCUT2D eigenvalue weighted by molar-refractivity contribution is -0.125. The van der Waals surface area contributed by atoms with Gasteiger partial charge in [0.15, 0.2) is 0 Å². The number of hydrogen-bond acceptors (Lipinski definition) is 2. The Labute approximate surface area is 172 Å². The van der Waals surface area contributed by atoms with Gasteiger partial charge in [-0.1, -0.05) is 26.0 Å². The Hall–Kier alpha value is -2.69. The molecule has 2 aromatic carbocycles. The molecule has 0 fully saturated rings. The number of hydrogen-bond donors (Lipinski definition) is 1. The molecule has 0 aliphatic heterocycles. The maximum atomic E-state index is 13.3. The molecule has 1 N–H and O–H groups in total. The Morgan fingerprint density at radius 2 is 1.76 bits per heavy atom. The van der Waals surface area contributed by atoms with E-state index in [9.17, 15) is 9.18 Å². The van der Waals surface area contributed by atoms with E-state index in [0.717, 1.165) is 28.8 Å². The van der Waals surface area contributed by atoms with E-state index in [-0.39, 0.29) is 23.8 Å². The van der Waals surface area contributed by atoms with Crippen LogP contribution >= 0.6 is 0 Å². The summed E-state index contributed by atoms with van der Waals surface area (Å²) in [6.07, 6.45) is 2.09. The molecule has 0 aliphatic carbocycles. The van der Waals surface area contributed by atoms with E-state index >= 15 is 0 Å². The highest BCUT2D eigenvalue weighted by molar-refractivity contribution is 5.85. The van der Waals surface area contributed by atoms with E-state index in [1.807, 2.05) is 13.8 Å². The summed E-state index contributed by atoms with van der Waals surface area (Å²) in [6.45, 7) is 10.2. The van der Waals surface area contributed by atoms with E-state index in [1.54, 1.807) is 12.1 Å². The van der Waals surface area contributed by atoms with Crippen molar-refractivity contribution in [2.75, 3.05) is 0 Å². The third kappa shape index (κ3) is 4.50. The highest BCUT2D eigenvalue weighted by Gasteiger charge is 2.25. The van der Waals surface area contributed by atoms with Crippen molar-refractivity contribution in [3.8, 4) is 0 Å². The van der Waals surface area contributed by atoms with Gasteiger partial charge in [-0.3, -0.25) is 4.79 Å². The molecule has 0 aliphatic rings. The molecule has 2 unspecified atom stereocenters. The van der Waals surface area contributed by atoms with Crippen LogP contribution in [0.2, 0.25) is 0 Å². The van der Waals surface area contributed by atoms with Crippen molar-refractivity contribution in [1.82, 2.24) is 14.9 Å². The summed E-state index contributed by atoms with van der Waals surface area (Å²) in [5.74, 6) is 0.579. The third-order valence-electron chi connectivity index (χ3n) is 5.66. The maximum Gasteiger partial charge on any atom is 0.243 e. The van der Waals surface area contributed by atoms with Gasteiger partial charge in [0.2, 0.25) is 5.91 Å². The fraction of sp³-hybridized carbons (Fsp3) is 0.417. The standard InChI is InChI=1S/C24H30FN3O/c1-6-17(5)26-24(29)21(7-2)28-22-13-16(4)15(3)12-20(22)27-23(28)14-18-8-10-19(25)11-9-18/h8-13,17,21H,6-7,14H2,1-5H3,(H,26,29). The first-order valence-electron chi connectivity index (χ1n) is 10.4. The summed E-state index contributed by atoms with van der Waals surface area (Å²) in [5.41, 5.74) is 5.17. The zero-order valence-electron chi connectivity index (χ0n) is 17.9. The van der Waals surface area contributed by atoms with Crippen molar-refractivity contribution in [2.45, 2.75) is 66.0 Å². The summed E-state index contributed by atoms with van der Waals surface area (Å²) < 4.78 is 15.4. The summed E-state index contributed by atoms with van der Waals surface area (Å²) in [6, 6.07) is 10.4. The molecule has 3 rings (SSSR count). The van der Waals surface area contributed by atoms with Crippen LogP contribution in [0.1, 0.15) is 62.2 Å². The first-order valence-corrected chi connectivity index (χ1v) is 10.4. The topological polar surface area (TPSA) is 46.9 Å². The number of rotatable bonds is 7. The highest BCUT2D eigenvalue weighted by atomic mass is 19.1. The Morgan fingerprint density at radius 3 is 2.38 bits per heavy atom. The van der Waals surface area contributed by atoms with Gasteiger partial charge >= 0.3 is 0 Å². The Kier molecular flexibility index (Phi) is 6.36. The largest absolute Gasteiger partial charge is 0.352 e. The first kappa shape index (κ1) is 21.0. The molecule has 5 heteroatoms. The smallest absolute Gasteiger partial charge is 0.243 e. The van der Waals surface area contributed by atoms with Crippen molar-refractivity contribution in [3.63, 3.8) is 0 Å². The minimum atomic E-state index is -0.341. The van der Waals surface area contributed by atoms with E-state index < -0.39 is 0 Å². The SMILES string of the molecule is CCC(C)NC(=O)C(CC)n1c(Cc2ccc(F)cc2)nc2cc(C)c(C)cc21. The molecule has 1 aromatic heterocycles. The predicted octanol–water partition coefficient (Wildman–Crippen LogP) is 5.25. The van der Waals surface area contributed by atoms with Crippen LogP contribution in [0.15, 0.2) is 36.4 Å². The van der Waals surface area contributed by atoms with Gasteiger partial charge < -0.3 is 9.88 Å². The van der Waals surface area contributed by atoms with Crippen LogP contribution < -0.4 is 5.32 Å². The van der Waals surface area contributed by atoms with Crippen molar-refractivity contribution < 1.29 is 9.18 Å². The Balaban J connectivity index is 2.11. The summed E-state index contributed by atoms with van der Waals surface area (Å²) in [5, 5.41) is 3.12. The Bertz CT molecular complexity index is 1010. The first-order chi connectivity index (χ1) is 13.8. The van der Waals surface area contributed by atoms with E-state index in [0.29, 0.717) is 12.8 Å². The van der Waals surface area contributed by atoms with Gasteiger partial charge in [-0.05, 0) is 74.6 Å². The molecule has 4 nitrogen and oxygen atoms in total. The van der Waals surface area contributed by atoms with Crippen molar-refractivity contribution >= 4 is 16.9 Å². The van der Waals surface area contributed by atoms with Gasteiger partial charge in [-0.25, -0.2) is 9.37 Å². The molecule has 0 spiro atoms. The number of benzene rings is 2. The summed E-state index contributed by atoms with van der Waals surface area (Å²) in [4.78, 5) is 17.9. The molecule has 0 saturated heterocycles. The van der Waals surface area contributed by atoms with E-state index in [2.05, 4.69) is 42.8 Å². The van der Waals surface area contributed by atoms with Crippen LogP contribution in [-0.2, 0) is 11.2 Å². The van der Waals surface area contributed by atoms with E-state index in [1.165, 1.54) is 23.3 Å². The summed E-state index contributed by atoms with van der Waals surface area (Å²) in [7, 11) is 0. The number of aromatic nitrogens is 2. The number of aryl methyl sites for hydroxylation is 2. The number of carbonyl (C=O) groups is 1. The number of carbonyl (C=O) groups excluding carboxylic acids is 1. The van der Waals surface area contributed by atoms with Crippen LogP contribution in [0.3, 0.4) is 0 Å². The lowest BCUT2D eigenvalue weighted by Crippen LogP contribution is -2.38.